The third-order valence-electron chi connectivity index (χ3n) is 3.28. The van der Waals surface area contributed by atoms with Gasteiger partial charge in [0.25, 0.3) is 5.91 Å². The summed E-state index contributed by atoms with van der Waals surface area (Å²) in [5.74, 6) is 0.120. The second-order valence-corrected chi connectivity index (χ2v) is 5.05. The Morgan fingerprint density at radius 3 is 2.55 bits per heavy atom. The number of amides is 1. The van der Waals surface area contributed by atoms with E-state index in [4.69, 9.17) is 22.5 Å². The summed E-state index contributed by atoms with van der Waals surface area (Å²) in [5, 5.41) is 12.0. The Morgan fingerprint density at radius 2 is 1.95 bits per heavy atom. The molecule has 1 heterocycles. The predicted molar refractivity (Wildman–Crippen MR) is 77.2 cm³/mol. The number of amidine groups is 1. The highest BCUT2D eigenvalue weighted by molar-refractivity contribution is 6.33. The fourth-order valence-corrected chi connectivity index (χ4v) is 2.39. The van der Waals surface area contributed by atoms with Crippen molar-refractivity contribution in [3.8, 4) is 0 Å². The smallest absolute Gasteiger partial charge is 0.255 e. The van der Waals surface area contributed by atoms with E-state index in [1.165, 1.54) is 0 Å². The number of carbonyl (C=O) groups excluding carboxylic acids is 1. The van der Waals surface area contributed by atoms with Crippen molar-refractivity contribution >= 4 is 23.3 Å². The maximum absolute atomic E-state index is 12.3. The highest BCUT2D eigenvalue weighted by atomic mass is 35.5. The van der Waals surface area contributed by atoms with E-state index < -0.39 is 0 Å². The molecule has 0 atom stereocenters. The molecule has 1 aliphatic rings. The van der Waals surface area contributed by atoms with Gasteiger partial charge in [0.15, 0.2) is 5.84 Å². The zero-order chi connectivity index (χ0) is 14.5. The first-order valence-electron chi connectivity index (χ1n) is 6.34. The van der Waals surface area contributed by atoms with Gasteiger partial charge in [-0.3, -0.25) is 9.69 Å². The SMILES string of the molecule is NC(CN1CCN(C(=O)c2ccccc2Cl)CC1)=NO. The van der Waals surface area contributed by atoms with Crippen molar-refractivity contribution in [3.63, 3.8) is 0 Å². The van der Waals surface area contributed by atoms with Crippen LogP contribution in [-0.4, -0.2) is 59.5 Å². The molecular weight excluding hydrogens is 280 g/mol. The highest BCUT2D eigenvalue weighted by Gasteiger charge is 2.23. The van der Waals surface area contributed by atoms with E-state index in [2.05, 4.69) is 5.16 Å². The van der Waals surface area contributed by atoms with Gasteiger partial charge in [-0.25, -0.2) is 0 Å². The molecule has 0 aliphatic carbocycles. The third-order valence-corrected chi connectivity index (χ3v) is 3.61. The van der Waals surface area contributed by atoms with E-state index in [0.717, 1.165) is 0 Å². The molecule has 0 saturated carbocycles. The first-order valence-corrected chi connectivity index (χ1v) is 6.72. The van der Waals surface area contributed by atoms with Crippen LogP contribution < -0.4 is 5.73 Å². The summed E-state index contributed by atoms with van der Waals surface area (Å²) in [6.07, 6.45) is 0. The Hall–Kier alpha value is -1.79. The quantitative estimate of drug-likeness (QED) is 0.375. The fourth-order valence-electron chi connectivity index (χ4n) is 2.17. The van der Waals surface area contributed by atoms with Crippen molar-refractivity contribution in [2.75, 3.05) is 32.7 Å². The number of nitrogens with zero attached hydrogens (tertiary/aromatic N) is 3. The Kier molecular flexibility index (Phi) is 4.81. The molecule has 1 amide bonds. The Bertz CT molecular complexity index is 513. The van der Waals surface area contributed by atoms with Gasteiger partial charge < -0.3 is 15.8 Å². The Morgan fingerprint density at radius 1 is 1.30 bits per heavy atom. The number of nitrogens with two attached hydrogens (primary N) is 1. The van der Waals surface area contributed by atoms with Crippen LogP contribution in [0.5, 0.6) is 0 Å². The topological polar surface area (TPSA) is 82.2 Å². The summed E-state index contributed by atoms with van der Waals surface area (Å²) in [6.45, 7) is 2.98. The van der Waals surface area contributed by atoms with E-state index in [1.807, 2.05) is 4.90 Å². The number of piperazine rings is 1. The van der Waals surface area contributed by atoms with Gasteiger partial charge in [0.1, 0.15) is 0 Å². The van der Waals surface area contributed by atoms with Crippen molar-refractivity contribution < 1.29 is 10.0 Å². The maximum Gasteiger partial charge on any atom is 0.255 e. The van der Waals surface area contributed by atoms with Gasteiger partial charge in [-0.1, -0.05) is 28.9 Å². The molecule has 7 heteroatoms. The van der Waals surface area contributed by atoms with Gasteiger partial charge in [0.05, 0.1) is 17.1 Å². The molecule has 20 heavy (non-hydrogen) atoms. The van der Waals surface area contributed by atoms with Gasteiger partial charge in [-0.2, -0.15) is 0 Å². The summed E-state index contributed by atoms with van der Waals surface area (Å²) < 4.78 is 0. The molecule has 2 rings (SSSR count). The van der Waals surface area contributed by atoms with Gasteiger partial charge in [-0.05, 0) is 12.1 Å². The van der Waals surface area contributed by atoms with E-state index >= 15 is 0 Å². The zero-order valence-corrected chi connectivity index (χ0v) is 11.8. The maximum atomic E-state index is 12.3. The standard InChI is InChI=1S/C13H17ClN4O2/c14-11-4-2-1-3-10(11)13(19)18-7-5-17(6-8-18)9-12(15)16-20/h1-4,20H,5-9H2,(H2,15,16). The first kappa shape index (κ1) is 14.6. The van der Waals surface area contributed by atoms with Crippen molar-refractivity contribution in [3.05, 3.63) is 34.9 Å². The van der Waals surface area contributed by atoms with Crippen LogP contribution in [0.3, 0.4) is 0 Å². The van der Waals surface area contributed by atoms with Gasteiger partial charge in [0.2, 0.25) is 0 Å². The van der Waals surface area contributed by atoms with E-state index in [1.54, 1.807) is 29.2 Å². The molecule has 1 aliphatic heterocycles. The fraction of sp³-hybridized carbons (Fsp3) is 0.385. The van der Waals surface area contributed by atoms with Gasteiger partial charge in [-0.15, -0.1) is 0 Å². The molecule has 1 aromatic rings. The molecule has 0 unspecified atom stereocenters. The molecule has 1 saturated heterocycles. The molecule has 3 N–H and O–H groups in total. The second-order valence-electron chi connectivity index (χ2n) is 4.64. The van der Waals surface area contributed by atoms with Crippen LogP contribution in [0.2, 0.25) is 5.02 Å². The summed E-state index contributed by atoms with van der Waals surface area (Å²) in [5.41, 5.74) is 6.00. The molecule has 1 fully saturated rings. The van der Waals surface area contributed by atoms with Crippen molar-refractivity contribution in [1.82, 2.24) is 9.80 Å². The average Bonchev–Trinajstić information content (AvgIpc) is 2.47. The monoisotopic (exact) mass is 296 g/mol. The number of hydrogen-bond acceptors (Lipinski definition) is 4. The third kappa shape index (κ3) is 3.40. The van der Waals surface area contributed by atoms with Crippen LogP contribution >= 0.6 is 11.6 Å². The van der Waals surface area contributed by atoms with Gasteiger partial charge in [0, 0.05) is 26.2 Å². The number of carbonyl (C=O) groups is 1. The van der Waals surface area contributed by atoms with Crippen LogP contribution in [0.1, 0.15) is 10.4 Å². The lowest BCUT2D eigenvalue weighted by Crippen LogP contribution is -2.50. The van der Waals surface area contributed by atoms with Crippen LogP contribution in [0.15, 0.2) is 29.4 Å². The minimum Gasteiger partial charge on any atom is -0.409 e. The lowest BCUT2D eigenvalue weighted by Gasteiger charge is -2.34. The largest absolute Gasteiger partial charge is 0.409 e. The lowest BCUT2D eigenvalue weighted by molar-refractivity contribution is 0.0653. The molecule has 0 aromatic heterocycles. The summed E-state index contributed by atoms with van der Waals surface area (Å²) >= 11 is 6.04. The molecular formula is C13H17ClN4O2. The predicted octanol–water partition coefficient (Wildman–Crippen LogP) is 0.844. The number of benzene rings is 1. The average molecular weight is 297 g/mol. The number of oxime groups is 1. The minimum absolute atomic E-state index is 0.0564. The molecule has 1 aromatic carbocycles. The van der Waals surface area contributed by atoms with Crippen LogP contribution in [0.4, 0.5) is 0 Å². The molecule has 108 valence electrons. The van der Waals surface area contributed by atoms with E-state index in [9.17, 15) is 4.79 Å². The summed E-state index contributed by atoms with van der Waals surface area (Å²) in [4.78, 5) is 16.1. The Labute approximate surface area is 122 Å². The number of rotatable bonds is 3. The first-order chi connectivity index (χ1) is 9.61. The molecule has 0 radical (unpaired) electrons. The Balaban J connectivity index is 1.94. The summed E-state index contributed by atoms with van der Waals surface area (Å²) in [6, 6.07) is 7.04. The number of halogens is 1. The van der Waals surface area contributed by atoms with Crippen molar-refractivity contribution in [1.29, 1.82) is 0 Å². The minimum atomic E-state index is -0.0564. The zero-order valence-electron chi connectivity index (χ0n) is 11.0. The highest BCUT2D eigenvalue weighted by Crippen LogP contribution is 2.17. The normalized spacial score (nSPS) is 17.2. The van der Waals surface area contributed by atoms with Crippen molar-refractivity contribution in [2.45, 2.75) is 0 Å². The molecule has 0 bridgehead atoms. The lowest BCUT2D eigenvalue weighted by atomic mass is 10.2. The van der Waals surface area contributed by atoms with Crippen LogP contribution in [0, 0.1) is 0 Å². The van der Waals surface area contributed by atoms with Crippen LogP contribution in [-0.2, 0) is 0 Å². The van der Waals surface area contributed by atoms with E-state index in [-0.39, 0.29) is 11.7 Å². The number of hydrogen-bond donors (Lipinski definition) is 2. The van der Waals surface area contributed by atoms with Crippen molar-refractivity contribution in [2.24, 2.45) is 10.9 Å². The van der Waals surface area contributed by atoms with Crippen LogP contribution in [0.25, 0.3) is 0 Å². The molecule has 0 spiro atoms. The molecule has 6 nitrogen and oxygen atoms in total. The summed E-state index contributed by atoms with van der Waals surface area (Å²) in [7, 11) is 0. The van der Waals surface area contributed by atoms with Gasteiger partial charge >= 0.3 is 0 Å². The second kappa shape index (κ2) is 6.58. The van der Waals surface area contributed by atoms with E-state index in [0.29, 0.717) is 43.3 Å².